The molecule has 0 saturated carbocycles. The van der Waals surface area contributed by atoms with E-state index in [0.717, 1.165) is 19.2 Å². The van der Waals surface area contributed by atoms with Crippen molar-refractivity contribution >= 4 is 11.7 Å². The number of carbonyl (C=O) groups is 1. The SMILES string of the molecule is COC(=O)C(N)Cc1cc(F)c(O)c([N+](=O)[O-])c1. The zero-order valence-electron chi connectivity index (χ0n) is 9.42. The largest absolute Gasteiger partial charge is 0.500 e. The van der Waals surface area contributed by atoms with E-state index < -0.39 is 34.2 Å². The monoisotopic (exact) mass is 258 g/mol. The summed E-state index contributed by atoms with van der Waals surface area (Å²) in [7, 11) is 1.14. The number of nitro benzene ring substituents is 1. The first-order valence-corrected chi connectivity index (χ1v) is 4.86. The van der Waals surface area contributed by atoms with Crippen LogP contribution >= 0.6 is 0 Å². The average Bonchev–Trinajstić information content (AvgIpc) is 2.31. The Morgan fingerprint density at radius 1 is 1.67 bits per heavy atom. The number of esters is 1. The van der Waals surface area contributed by atoms with E-state index in [1.807, 2.05) is 0 Å². The van der Waals surface area contributed by atoms with Crippen LogP contribution in [0.5, 0.6) is 5.75 Å². The number of hydrogen-bond donors (Lipinski definition) is 2. The predicted octanol–water partition coefficient (Wildman–Crippen LogP) is 0.482. The number of ether oxygens (including phenoxy) is 1. The van der Waals surface area contributed by atoms with Gasteiger partial charge in [-0.05, 0) is 18.1 Å². The molecule has 0 fully saturated rings. The lowest BCUT2D eigenvalue weighted by Crippen LogP contribution is -2.33. The van der Waals surface area contributed by atoms with Gasteiger partial charge in [0.15, 0.2) is 5.82 Å². The quantitative estimate of drug-likeness (QED) is 0.461. The predicted molar refractivity (Wildman–Crippen MR) is 58.4 cm³/mol. The summed E-state index contributed by atoms with van der Waals surface area (Å²) in [6.45, 7) is 0. The van der Waals surface area contributed by atoms with Gasteiger partial charge >= 0.3 is 11.7 Å². The molecule has 7 nitrogen and oxygen atoms in total. The molecule has 0 aromatic heterocycles. The number of methoxy groups -OCH3 is 1. The molecule has 1 aromatic carbocycles. The second-order valence-corrected chi connectivity index (χ2v) is 3.54. The summed E-state index contributed by atoms with van der Waals surface area (Å²) < 4.78 is 17.6. The number of phenols is 1. The van der Waals surface area contributed by atoms with Crippen molar-refractivity contribution < 1.29 is 24.0 Å². The number of aromatic hydroxyl groups is 1. The molecule has 0 bridgehead atoms. The molecule has 0 heterocycles. The fraction of sp³-hybridized carbons (Fsp3) is 0.300. The Hall–Kier alpha value is -2.22. The smallest absolute Gasteiger partial charge is 0.322 e. The number of phenolic OH excluding ortho intramolecular Hbond substituents is 1. The number of carbonyl (C=O) groups excluding carboxylic acids is 1. The molecule has 18 heavy (non-hydrogen) atoms. The third-order valence-corrected chi connectivity index (χ3v) is 2.26. The van der Waals surface area contributed by atoms with Gasteiger partial charge in [-0.1, -0.05) is 0 Å². The Labute approximate surface area is 101 Å². The normalized spacial score (nSPS) is 11.9. The Morgan fingerprint density at radius 3 is 2.78 bits per heavy atom. The lowest BCUT2D eigenvalue weighted by Gasteiger charge is -2.09. The van der Waals surface area contributed by atoms with Crippen LogP contribution in [-0.4, -0.2) is 29.2 Å². The van der Waals surface area contributed by atoms with Crippen LogP contribution in [-0.2, 0) is 16.0 Å². The molecule has 3 N–H and O–H groups in total. The van der Waals surface area contributed by atoms with Gasteiger partial charge in [-0.3, -0.25) is 14.9 Å². The van der Waals surface area contributed by atoms with Crippen LogP contribution in [0, 0.1) is 15.9 Å². The Balaban J connectivity index is 3.04. The van der Waals surface area contributed by atoms with E-state index in [4.69, 9.17) is 10.8 Å². The highest BCUT2D eigenvalue weighted by Crippen LogP contribution is 2.30. The summed E-state index contributed by atoms with van der Waals surface area (Å²) in [5.74, 6) is -2.90. The molecule has 0 spiro atoms. The first-order chi connectivity index (χ1) is 8.36. The average molecular weight is 258 g/mol. The van der Waals surface area contributed by atoms with Gasteiger partial charge in [0.2, 0.25) is 5.75 Å². The van der Waals surface area contributed by atoms with Gasteiger partial charge < -0.3 is 15.6 Å². The molecule has 1 aromatic rings. The fourth-order valence-corrected chi connectivity index (χ4v) is 1.38. The van der Waals surface area contributed by atoms with Gasteiger partial charge in [-0.25, -0.2) is 4.39 Å². The number of nitro groups is 1. The topological polar surface area (TPSA) is 116 Å². The molecule has 98 valence electrons. The van der Waals surface area contributed by atoms with Gasteiger partial charge in [0.1, 0.15) is 6.04 Å². The summed E-state index contributed by atoms with van der Waals surface area (Å²) in [6.07, 6.45) is -0.134. The van der Waals surface area contributed by atoms with Gasteiger partial charge in [-0.2, -0.15) is 0 Å². The molecule has 8 heteroatoms. The molecular formula is C10H11FN2O5. The summed E-state index contributed by atoms with van der Waals surface area (Å²) in [5.41, 5.74) is 4.79. The number of nitrogens with zero attached hydrogens (tertiary/aromatic N) is 1. The number of rotatable bonds is 4. The van der Waals surface area contributed by atoms with Crippen molar-refractivity contribution in [3.63, 3.8) is 0 Å². The van der Waals surface area contributed by atoms with Crippen LogP contribution in [0.2, 0.25) is 0 Å². The van der Waals surface area contributed by atoms with Crippen LogP contribution in [0.15, 0.2) is 12.1 Å². The van der Waals surface area contributed by atoms with Gasteiger partial charge in [0.25, 0.3) is 0 Å². The van der Waals surface area contributed by atoms with Crippen molar-refractivity contribution in [3.8, 4) is 5.75 Å². The van der Waals surface area contributed by atoms with Crippen LogP contribution in [0.3, 0.4) is 0 Å². The maximum atomic E-state index is 13.2. The standard InChI is InChI=1S/C10H11FN2O5/c1-18-10(15)7(12)3-5-2-6(11)9(14)8(4-5)13(16)17/h2,4,7,14H,3,12H2,1H3. The first-order valence-electron chi connectivity index (χ1n) is 4.86. The Morgan fingerprint density at radius 2 is 2.28 bits per heavy atom. The van der Waals surface area contributed by atoms with Crippen molar-refractivity contribution in [3.05, 3.63) is 33.6 Å². The Bertz CT molecular complexity index is 491. The molecule has 0 saturated heterocycles. The summed E-state index contributed by atoms with van der Waals surface area (Å²) >= 11 is 0. The zero-order chi connectivity index (χ0) is 13.9. The van der Waals surface area contributed by atoms with Gasteiger partial charge in [-0.15, -0.1) is 0 Å². The fourth-order valence-electron chi connectivity index (χ4n) is 1.38. The van der Waals surface area contributed by atoms with E-state index in [0.29, 0.717) is 0 Å². The van der Waals surface area contributed by atoms with Gasteiger partial charge in [0.05, 0.1) is 12.0 Å². The van der Waals surface area contributed by atoms with Crippen molar-refractivity contribution in [2.24, 2.45) is 5.73 Å². The molecule has 0 aliphatic heterocycles. The van der Waals surface area contributed by atoms with E-state index in [9.17, 15) is 19.3 Å². The van der Waals surface area contributed by atoms with E-state index >= 15 is 0 Å². The molecule has 1 atom stereocenters. The van der Waals surface area contributed by atoms with Crippen LogP contribution in [0.1, 0.15) is 5.56 Å². The molecule has 1 rings (SSSR count). The highest BCUT2D eigenvalue weighted by Gasteiger charge is 2.22. The van der Waals surface area contributed by atoms with Crippen molar-refractivity contribution in [1.29, 1.82) is 0 Å². The Kier molecular flexibility index (Phi) is 4.16. The maximum absolute atomic E-state index is 13.2. The van der Waals surface area contributed by atoms with Crippen LogP contribution < -0.4 is 5.73 Å². The van der Waals surface area contributed by atoms with E-state index in [2.05, 4.69) is 4.74 Å². The highest BCUT2D eigenvalue weighted by molar-refractivity contribution is 5.75. The van der Waals surface area contributed by atoms with E-state index in [1.54, 1.807) is 0 Å². The minimum absolute atomic E-state index is 0.120. The second kappa shape index (κ2) is 5.41. The number of benzene rings is 1. The molecular weight excluding hydrogens is 247 g/mol. The molecule has 0 aliphatic carbocycles. The third-order valence-electron chi connectivity index (χ3n) is 2.26. The summed E-state index contributed by atoms with van der Waals surface area (Å²) in [4.78, 5) is 20.7. The molecule has 0 radical (unpaired) electrons. The molecule has 0 aliphatic rings. The van der Waals surface area contributed by atoms with E-state index in [1.165, 1.54) is 0 Å². The van der Waals surface area contributed by atoms with Crippen LogP contribution in [0.25, 0.3) is 0 Å². The minimum atomic E-state index is -1.14. The van der Waals surface area contributed by atoms with Crippen molar-refractivity contribution in [1.82, 2.24) is 0 Å². The molecule has 1 unspecified atom stereocenters. The summed E-state index contributed by atoms with van der Waals surface area (Å²) in [5, 5.41) is 19.7. The first kappa shape index (κ1) is 13.8. The third kappa shape index (κ3) is 2.92. The van der Waals surface area contributed by atoms with Crippen molar-refractivity contribution in [2.75, 3.05) is 7.11 Å². The van der Waals surface area contributed by atoms with Gasteiger partial charge in [0, 0.05) is 6.07 Å². The number of nitrogens with two attached hydrogens (primary N) is 1. The van der Waals surface area contributed by atoms with Crippen molar-refractivity contribution in [2.45, 2.75) is 12.5 Å². The summed E-state index contributed by atoms with van der Waals surface area (Å²) in [6, 6.07) is 0.783. The lowest BCUT2D eigenvalue weighted by molar-refractivity contribution is -0.386. The zero-order valence-corrected chi connectivity index (χ0v) is 9.42. The number of hydrogen-bond acceptors (Lipinski definition) is 6. The highest BCUT2D eigenvalue weighted by atomic mass is 19.1. The van der Waals surface area contributed by atoms with Crippen LogP contribution in [0.4, 0.5) is 10.1 Å². The second-order valence-electron chi connectivity index (χ2n) is 3.54. The lowest BCUT2D eigenvalue weighted by atomic mass is 10.1. The van der Waals surface area contributed by atoms with E-state index in [-0.39, 0.29) is 12.0 Å². The minimum Gasteiger partial charge on any atom is -0.500 e. The molecule has 0 amide bonds. The number of halogens is 1. The maximum Gasteiger partial charge on any atom is 0.322 e.